The molecule has 0 spiro atoms. The lowest BCUT2D eigenvalue weighted by molar-refractivity contribution is 0.154. The number of hydrogen-bond donors (Lipinski definition) is 1. The zero-order valence-electron chi connectivity index (χ0n) is 6.75. The maximum absolute atomic E-state index is 10.7. The zero-order chi connectivity index (χ0) is 8.27. The number of amides is 2. The van der Waals surface area contributed by atoms with E-state index in [0.29, 0.717) is 5.92 Å². The lowest BCUT2D eigenvalue weighted by atomic mass is 10.1. The Morgan fingerprint density at radius 3 is 3.00 bits per heavy atom. The van der Waals surface area contributed by atoms with Crippen LogP contribution in [0.15, 0.2) is 0 Å². The van der Waals surface area contributed by atoms with Gasteiger partial charge in [0, 0.05) is 26.1 Å². The summed E-state index contributed by atoms with van der Waals surface area (Å²) in [6.45, 7) is 2.26. The van der Waals surface area contributed by atoms with Crippen molar-refractivity contribution in [2.24, 2.45) is 11.7 Å². The largest absolute Gasteiger partial charge is 0.384 e. The van der Waals surface area contributed by atoms with Crippen molar-refractivity contribution in [3.05, 3.63) is 0 Å². The third-order valence-corrected chi connectivity index (χ3v) is 2.00. The monoisotopic (exact) mass is 158 g/mol. The minimum Gasteiger partial charge on any atom is -0.384 e. The number of urea groups is 1. The van der Waals surface area contributed by atoms with Gasteiger partial charge in [-0.1, -0.05) is 0 Å². The van der Waals surface area contributed by atoms with E-state index in [4.69, 9.17) is 10.5 Å². The quantitative estimate of drug-likeness (QED) is 0.616. The molecule has 64 valence electrons. The van der Waals surface area contributed by atoms with E-state index in [1.165, 1.54) is 0 Å². The van der Waals surface area contributed by atoms with Crippen LogP contribution in [0.5, 0.6) is 0 Å². The molecule has 4 nitrogen and oxygen atoms in total. The molecule has 1 aliphatic rings. The van der Waals surface area contributed by atoms with Gasteiger partial charge in [0.2, 0.25) is 0 Å². The van der Waals surface area contributed by atoms with E-state index in [1.807, 2.05) is 0 Å². The molecule has 11 heavy (non-hydrogen) atoms. The molecule has 1 rings (SSSR count). The van der Waals surface area contributed by atoms with Crippen LogP contribution < -0.4 is 5.73 Å². The molecule has 2 amide bonds. The highest BCUT2D eigenvalue weighted by atomic mass is 16.5. The van der Waals surface area contributed by atoms with Crippen molar-refractivity contribution in [2.75, 3.05) is 26.8 Å². The van der Waals surface area contributed by atoms with Crippen LogP contribution in [0.3, 0.4) is 0 Å². The average molecular weight is 158 g/mol. The fourth-order valence-electron chi connectivity index (χ4n) is 1.40. The predicted molar refractivity (Wildman–Crippen MR) is 41.1 cm³/mol. The van der Waals surface area contributed by atoms with Gasteiger partial charge < -0.3 is 15.4 Å². The Hall–Kier alpha value is -0.770. The molecule has 0 bridgehead atoms. The molecule has 1 unspecified atom stereocenters. The zero-order valence-corrected chi connectivity index (χ0v) is 6.75. The van der Waals surface area contributed by atoms with Crippen molar-refractivity contribution in [1.82, 2.24) is 4.90 Å². The molecule has 1 atom stereocenters. The van der Waals surface area contributed by atoms with Crippen LogP contribution >= 0.6 is 0 Å². The second-order valence-corrected chi connectivity index (χ2v) is 2.89. The maximum atomic E-state index is 10.7. The van der Waals surface area contributed by atoms with E-state index in [9.17, 15) is 4.79 Å². The number of rotatable bonds is 2. The summed E-state index contributed by atoms with van der Waals surface area (Å²) >= 11 is 0. The smallest absolute Gasteiger partial charge is 0.314 e. The summed E-state index contributed by atoms with van der Waals surface area (Å²) < 4.78 is 4.98. The van der Waals surface area contributed by atoms with Gasteiger partial charge in [0.25, 0.3) is 0 Å². The van der Waals surface area contributed by atoms with Gasteiger partial charge in [0.15, 0.2) is 0 Å². The molecule has 1 aliphatic heterocycles. The Labute approximate surface area is 66.3 Å². The fraction of sp³-hybridized carbons (Fsp3) is 0.857. The van der Waals surface area contributed by atoms with E-state index < -0.39 is 0 Å². The van der Waals surface area contributed by atoms with Gasteiger partial charge in [-0.2, -0.15) is 0 Å². The van der Waals surface area contributed by atoms with Crippen LogP contribution in [0.2, 0.25) is 0 Å². The molecular formula is C7H14N2O2. The van der Waals surface area contributed by atoms with Crippen LogP contribution in [-0.4, -0.2) is 37.7 Å². The van der Waals surface area contributed by atoms with Gasteiger partial charge in [-0.05, 0) is 6.42 Å². The molecule has 0 aliphatic carbocycles. The molecular weight excluding hydrogens is 144 g/mol. The number of carbonyl (C=O) groups excluding carboxylic acids is 1. The van der Waals surface area contributed by atoms with Crippen LogP contribution in [0.25, 0.3) is 0 Å². The number of methoxy groups -OCH3 is 1. The minimum absolute atomic E-state index is 0.316. The van der Waals surface area contributed by atoms with E-state index in [2.05, 4.69) is 0 Å². The van der Waals surface area contributed by atoms with E-state index in [-0.39, 0.29) is 6.03 Å². The van der Waals surface area contributed by atoms with Gasteiger partial charge in [0.1, 0.15) is 0 Å². The molecule has 1 heterocycles. The summed E-state index contributed by atoms with van der Waals surface area (Å²) in [5.41, 5.74) is 5.10. The van der Waals surface area contributed by atoms with Crippen molar-refractivity contribution in [3.8, 4) is 0 Å². The van der Waals surface area contributed by atoms with Crippen LogP contribution in [-0.2, 0) is 4.74 Å². The van der Waals surface area contributed by atoms with Crippen molar-refractivity contribution in [1.29, 1.82) is 0 Å². The third kappa shape index (κ3) is 2.08. The van der Waals surface area contributed by atoms with E-state index in [0.717, 1.165) is 26.1 Å². The first-order valence-electron chi connectivity index (χ1n) is 3.77. The highest BCUT2D eigenvalue weighted by Crippen LogP contribution is 2.15. The molecule has 0 aromatic rings. The lowest BCUT2D eigenvalue weighted by Gasteiger charge is -2.12. The van der Waals surface area contributed by atoms with E-state index in [1.54, 1.807) is 12.0 Å². The van der Waals surface area contributed by atoms with Crippen LogP contribution in [0.4, 0.5) is 4.79 Å². The summed E-state index contributed by atoms with van der Waals surface area (Å²) in [5, 5.41) is 0. The number of likely N-dealkylation sites (tertiary alicyclic amines) is 1. The highest BCUT2D eigenvalue weighted by molar-refractivity contribution is 5.72. The SMILES string of the molecule is COCC1CCN(C(N)=O)C1. The number of carbonyl (C=O) groups is 1. The second kappa shape index (κ2) is 3.57. The number of ether oxygens (including phenoxy) is 1. The van der Waals surface area contributed by atoms with Crippen molar-refractivity contribution in [3.63, 3.8) is 0 Å². The first-order chi connectivity index (χ1) is 5.24. The first kappa shape index (κ1) is 8.33. The van der Waals surface area contributed by atoms with Crippen molar-refractivity contribution < 1.29 is 9.53 Å². The van der Waals surface area contributed by atoms with Crippen molar-refractivity contribution >= 4 is 6.03 Å². The topological polar surface area (TPSA) is 55.6 Å². The summed E-state index contributed by atoms with van der Waals surface area (Å²) in [4.78, 5) is 12.3. The summed E-state index contributed by atoms with van der Waals surface area (Å²) in [6.07, 6.45) is 1.01. The standard InChI is InChI=1S/C7H14N2O2/c1-11-5-6-2-3-9(4-6)7(8)10/h6H,2-5H2,1H3,(H2,8,10). The Kier molecular flexibility index (Phi) is 2.70. The highest BCUT2D eigenvalue weighted by Gasteiger charge is 2.24. The maximum Gasteiger partial charge on any atom is 0.314 e. The van der Waals surface area contributed by atoms with E-state index >= 15 is 0 Å². The Morgan fingerprint density at radius 2 is 2.55 bits per heavy atom. The number of hydrogen-bond acceptors (Lipinski definition) is 2. The summed E-state index contributed by atoms with van der Waals surface area (Å²) in [5.74, 6) is 0.479. The Bertz CT molecular complexity index is 149. The second-order valence-electron chi connectivity index (χ2n) is 2.89. The predicted octanol–water partition coefficient (Wildman–Crippen LogP) is 0.0334. The van der Waals surface area contributed by atoms with Gasteiger partial charge in [0.05, 0.1) is 6.61 Å². The normalized spacial score (nSPS) is 24.1. The molecule has 0 aromatic carbocycles. The molecule has 0 aromatic heterocycles. The van der Waals surface area contributed by atoms with Crippen LogP contribution in [0, 0.1) is 5.92 Å². The molecule has 4 heteroatoms. The first-order valence-corrected chi connectivity index (χ1v) is 3.77. The van der Waals surface area contributed by atoms with Crippen LogP contribution in [0.1, 0.15) is 6.42 Å². The Morgan fingerprint density at radius 1 is 1.82 bits per heavy atom. The third-order valence-electron chi connectivity index (χ3n) is 2.00. The lowest BCUT2D eigenvalue weighted by Crippen LogP contribution is -2.33. The fourth-order valence-corrected chi connectivity index (χ4v) is 1.40. The molecule has 1 fully saturated rings. The molecule has 0 radical (unpaired) electrons. The minimum atomic E-state index is -0.316. The number of primary amides is 1. The van der Waals surface area contributed by atoms with Gasteiger partial charge in [-0.25, -0.2) is 4.79 Å². The number of nitrogens with zero attached hydrogens (tertiary/aromatic N) is 1. The van der Waals surface area contributed by atoms with Crippen molar-refractivity contribution in [2.45, 2.75) is 6.42 Å². The average Bonchev–Trinajstić information content (AvgIpc) is 2.37. The molecule has 1 saturated heterocycles. The number of nitrogens with two attached hydrogens (primary N) is 1. The van der Waals surface area contributed by atoms with Gasteiger partial charge in [-0.3, -0.25) is 0 Å². The van der Waals surface area contributed by atoms with Gasteiger partial charge >= 0.3 is 6.03 Å². The van der Waals surface area contributed by atoms with Gasteiger partial charge in [-0.15, -0.1) is 0 Å². The summed E-state index contributed by atoms with van der Waals surface area (Å²) in [7, 11) is 1.67. The molecule has 0 saturated carbocycles. The molecule has 2 N–H and O–H groups in total. The summed E-state index contributed by atoms with van der Waals surface area (Å²) in [6, 6.07) is -0.316. The Balaban J connectivity index is 2.29.